The zero-order valence-corrected chi connectivity index (χ0v) is 22.2. The van der Waals surface area contributed by atoms with Crippen LogP contribution in [0.25, 0.3) is 0 Å². The van der Waals surface area contributed by atoms with E-state index >= 15 is 0 Å². The lowest BCUT2D eigenvalue weighted by atomic mass is 10.3. The van der Waals surface area contributed by atoms with Gasteiger partial charge in [-0.2, -0.15) is 0 Å². The van der Waals surface area contributed by atoms with Crippen LogP contribution in [0, 0.1) is 5.82 Å². The van der Waals surface area contributed by atoms with Gasteiger partial charge in [0.05, 0.1) is 22.6 Å². The van der Waals surface area contributed by atoms with E-state index in [0.717, 1.165) is 39.9 Å². The Morgan fingerprint density at radius 3 is 2.16 bits per heavy atom. The van der Waals surface area contributed by atoms with Gasteiger partial charge in [0.2, 0.25) is 5.91 Å². The van der Waals surface area contributed by atoms with E-state index in [1.54, 1.807) is 17.5 Å². The lowest BCUT2D eigenvalue weighted by Gasteiger charge is -2.24. The third kappa shape index (κ3) is 6.27. The van der Waals surface area contributed by atoms with Gasteiger partial charge in [0.15, 0.2) is 5.13 Å². The number of aromatic nitrogens is 1. The SMILES string of the molecule is COc1ccc(N(CC(=O)Nc2ccc(S(=O)(=O)Nc3nccs3)cc2)S(=O)(=O)c2ccc(F)cc2)cc1. The standard InChI is InChI=1S/C24H21FN4O6S3/c1-35-20-8-6-19(7-9-20)29(38(33,34)22-10-2-17(25)3-11-22)16-23(30)27-18-4-12-21(13-5-18)37(31,32)28-24-26-14-15-36-24/h2-15H,16H2,1H3,(H,26,28)(H,27,30). The molecule has 1 amide bonds. The van der Waals surface area contributed by atoms with Gasteiger partial charge >= 0.3 is 0 Å². The summed E-state index contributed by atoms with van der Waals surface area (Å²) in [5.74, 6) is -0.815. The molecule has 2 N–H and O–H groups in total. The van der Waals surface area contributed by atoms with Crippen molar-refractivity contribution >= 4 is 53.8 Å². The summed E-state index contributed by atoms with van der Waals surface area (Å²) in [6, 6.07) is 15.6. The highest BCUT2D eigenvalue weighted by Crippen LogP contribution is 2.26. The topological polar surface area (TPSA) is 135 Å². The number of sulfonamides is 2. The Morgan fingerprint density at radius 1 is 0.947 bits per heavy atom. The summed E-state index contributed by atoms with van der Waals surface area (Å²) < 4.78 is 73.5. The lowest BCUT2D eigenvalue weighted by Crippen LogP contribution is -2.38. The normalized spacial score (nSPS) is 11.5. The number of nitrogens with one attached hydrogen (secondary N) is 2. The molecule has 4 rings (SSSR count). The van der Waals surface area contributed by atoms with Crippen LogP contribution in [0.4, 0.5) is 20.9 Å². The summed E-state index contributed by atoms with van der Waals surface area (Å²) in [6.07, 6.45) is 1.46. The fourth-order valence-corrected chi connectivity index (χ4v) is 6.50. The first-order valence-corrected chi connectivity index (χ1v) is 14.6. The van der Waals surface area contributed by atoms with E-state index in [4.69, 9.17) is 4.74 Å². The molecule has 0 fully saturated rings. The maximum atomic E-state index is 13.4. The van der Waals surface area contributed by atoms with Crippen LogP contribution in [0.3, 0.4) is 0 Å². The van der Waals surface area contributed by atoms with Crippen molar-refractivity contribution in [2.45, 2.75) is 9.79 Å². The number of nitrogens with zero attached hydrogens (tertiary/aromatic N) is 2. The smallest absolute Gasteiger partial charge is 0.264 e. The van der Waals surface area contributed by atoms with E-state index in [2.05, 4.69) is 15.0 Å². The van der Waals surface area contributed by atoms with Gasteiger partial charge in [-0.1, -0.05) is 0 Å². The number of ether oxygens (including phenoxy) is 1. The highest BCUT2D eigenvalue weighted by molar-refractivity contribution is 7.93. The van der Waals surface area contributed by atoms with Crippen molar-refractivity contribution in [3.8, 4) is 5.75 Å². The highest BCUT2D eigenvalue weighted by Gasteiger charge is 2.27. The molecule has 198 valence electrons. The minimum atomic E-state index is -4.26. The van der Waals surface area contributed by atoms with Crippen LogP contribution in [0.1, 0.15) is 0 Å². The monoisotopic (exact) mass is 576 g/mol. The van der Waals surface area contributed by atoms with Crippen molar-refractivity contribution in [3.05, 3.63) is 90.2 Å². The fraction of sp³-hybridized carbons (Fsp3) is 0.0833. The molecule has 38 heavy (non-hydrogen) atoms. The van der Waals surface area contributed by atoms with Crippen LogP contribution < -0.4 is 19.1 Å². The molecular weight excluding hydrogens is 555 g/mol. The van der Waals surface area contributed by atoms with Gasteiger partial charge in [-0.25, -0.2) is 26.2 Å². The van der Waals surface area contributed by atoms with Crippen molar-refractivity contribution in [2.24, 2.45) is 0 Å². The van der Waals surface area contributed by atoms with Gasteiger partial charge in [-0.3, -0.25) is 13.8 Å². The van der Waals surface area contributed by atoms with Crippen molar-refractivity contribution < 1.29 is 30.8 Å². The number of hydrogen-bond donors (Lipinski definition) is 2. The van der Waals surface area contributed by atoms with E-state index in [0.29, 0.717) is 5.75 Å². The van der Waals surface area contributed by atoms with Gasteiger partial charge < -0.3 is 10.1 Å². The van der Waals surface area contributed by atoms with Crippen LogP contribution in [0.5, 0.6) is 5.75 Å². The largest absolute Gasteiger partial charge is 0.497 e. The average molecular weight is 577 g/mol. The average Bonchev–Trinajstić information content (AvgIpc) is 3.40. The van der Waals surface area contributed by atoms with E-state index in [1.807, 2.05) is 0 Å². The number of hydrogen-bond acceptors (Lipinski definition) is 8. The first-order chi connectivity index (χ1) is 18.1. The van der Waals surface area contributed by atoms with Gasteiger partial charge in [-0.15, -0.1) is 11.3 Å². The second-order valence-electron chi connectivity index (χ2n) is 7.68. The molecule has 4 aromatic rings. The minimum Gasteiger partial charge on any atom is -0.497 e. The first-order valence-electron chi connectivity index (χ1n) is 10.8. The molecule has 3 aromatic carbocycles. The van der Waals surface area contributed by atoms with Crippen LogP contribution in [0.2, 0.25) is 0 Å². The van der Waals surface area contributed by atoms with E-state index in [1.165, 1.54) is 49.7 Å². The van der Waals surface area contributed by atoms with Gasteiger partial charge in [0, 0.05) is 17.3 Å². The van der Waals surface area contributed by atoms with Crippen LogP contribution in [0.15, 0.2) is 94.2 Å². The quantitative estimate of drug-likeness (QED) is 0.292. The van der Waals surface area contributed by atoms with Crippen molar-refractivity contribution in [1.29, 1.82) is 0 Å². The number of benzene rings is 3. The molecule has 0 unspecified atom stereocenters. The summed E-state index contributed by atoms with van der Waals surface area (Å²) in [7, 11) is -6.68. The number of methoxy groups -OCH3 is 1. The summed E-state index contributed by atoms with van der Waals surface area (Å²) in [5, 5.41) is 4.40. The number of rotatable bonds is 10. The Kier molecular flexibility index (Phi) is 7.94. The van der Waals surface area contributed by atoms with Crippen molar-refractivity contribution in [3.63, 3.8) is 0 Å². The molecule has 0 aliphatic rings. The molecular formula is C24H21FN4O6S3. The number of amides is 1. The van der Waals surface area contributed by atoms with Crippen LogP contribution in [-0.2, 0) is 24.8 Å². The summed E-state index contributed by atoms with van der Waals surface area (Å²) >= 11 is 1.13. The van der Waals surface area contributed by atoms with Crippen molar-refractivity contribution in [2.75, 3.05) is 28.0 Å². The van der Waals surface area contributed by atoms with E-state index in [9.17, 15) is 26.0 Å². The molecule has 1 heterocycles. The maximum absolute atomic E-state index is 13.4. The Labute approximate surface area is 222 Å². The first kappa shape index (κ1) is 27.0. The number of carbonyl (C=O) groups is 1. The van der Waals surface area contributed by atoms with E-state index < -0.39 is 38.3 Å². The molecule has 0 aliphatic carbocycles. The summed E-state index contributed by atoms with van der Waals surface area (Å²) in [6.45, 7) is -0.613. The van der Waals surface area contributed by atoms with Crippen molar-refractivity contribution in [1.82, 2.24) is 4.98 Å². The second kappa shape index (κ2) is 11.2. The Balaban J connectivity index is 1.54. The molecule has 0 spiro atoms. The number of thiazole rings is 1. The molecule has 10 nitrogen and oxygen atoms in total. The third-order valence-electron chi connectivity index (χ3n) is 5.15. The molecule has 0 atom stereocenters. The molecule has 1 aromatic heterocycles. The summed E-state index contributed by atoms with van der Waals surface area (Å²) in [5.41, 5.74) is 0.428. The zero-order valence-electron chi connectivity index (χ0n) is 19.7. The Hall–Kier alpha value is -4.01. The minimum absolute atomic E-state index is 0.0514. The predicted molar refractivity (Wildman–Crippen MR) is 142 cm³/mol. The molecule has 14 heteroatoms. The van der Waals surface area contributed by atoms with Crippen LogP contribution >= 0.6 is 11.3 Å². The number of anilines is 3. The van der Waals surface area contributed by atoms with Gasteiger partial charge in [0.25, 0.3) is 20.0 Å². The maximum Gasteiger partial charge on any atom is 0.264 e. The second-order valence-corrected chi connectivity index (χ2v) is 12.1. The molecule has 0 saturated heterocycles. The number of carbonyl (C=O) groups excluding carboxylic acids is 1. The number of halogens is 1. The fourth-order valence-electron chi connectivity index (χ4n) is 3.29. The zero-order chi connectivity index (χ0) is 27.3. The molecule has 0 saturated carbocycles. The van der Waals surface area contributed by atoms with E-state index in [-0.39, 0.29) is 26.3 Å². The predicted octanol–water partition coefficient (Wildman–Crippen LogP) is 3.93. The highest BCUT2D eigenvalue weighted by atomic mass is 32.2. The summed E-state index contributed by atoms with van der Waals surface area (Å²) in [4.78, 5) is 16.5. The van der Waals surface area contributed by atoms with Gasteiger partial charge in [-0.05, 0) is 72.8 Å². The Bertz CT molecular complexity index is 1610. The molecule has 0 bridgehead atoms. The lowest BCUT2D eigenvalue weighted by molar-refractivity contribution is -0.114. The molecule has 0 aliphatic heterocycles. The van der Waals surface area contributed by atoms with Crippen LogP contribution in [-0.4, -0.2) is 41.4 Å². The Morgan fingerprint density at radius 2 is 1.58 bits per heavy atom. The third-order valence-corrected chi connectivity index (χ3v) is 9.11. The molecule has 0 radical (unpaired) electrons. The van der Waals surface area contributed by atoms with Gasteiger partial charge in [0.1, 0.15) is 18.1 Å².